The van der Waals surface area contributed by atoms with Crippen LogP contribution in [0.3, 0.4) is 0 Å². The molecule has 0 aromatic rings. The van der Waals surface area contributed by atoms with Crippen molar-refractivity contribution in [1.29, 1.82) is 0 Å². The average Bonchev–Trinajstić information content (AvgIpc) is 2.93. The Bertz CT molecular complexity index is 142. The summed E-state index contributed by atoms with van der Waals surface area (Å²) >= 11 is 0. The van der Waals surface area contributed by atoms with Crippen LogP contribution in [0.1, 0.15) is 79.1 Å². The molecule has 0 nitrogen and oxygen atoms in total. The average molecular weight is 279 g/mol. The quantitative estimate of drug-likeness (QED) is 0.572. The van der Waals surface area contributed by atoms with E-state index in [1.54, 1.807) is 0 Å². The Hall–Kier alpha value is 0.519. The molecule has 2 aliphatic rings. The van der Waals surface area contributed by atoms with Crippen molar-refractivity contribution in [3.63, 3.8) is 0 Å². The number of hydrogen-bond donors (Lipinski definition) is 0. The van der Waals surface area contributed by atoms with E-state index >= 15 is 0 Å². The molecule has 1 heteroatoms. The zero-order valence-corrected chi connectivity index (χ0v) is 13.5. The third-order valence-electron chi connectivity index (χ3n) is 4.69. The molecule has 0 amide bonds. The molecule has 2 fully saturated rings. The summed E-state index contributed by atoms with van der Waals surface area (Å²) in [5.41, 5.74) is 0. The van der Waals surface area contributed by atoms with Gasteiger partial charge in [-0.25, -0.2) is 0 Å². The van der Waals surface area contributed by atoms with E-state index in [0.29, 0.717) is 0 Å². The Kier molecular flexibility index (Phi) is 9.74. The molecular formula is C16H32Mn. The molecule has 17 heavy (non-hydrogen) atoms. The summed E-state index contributed by atoms with van der Waals surface area (Å²) in [6, 6.07) is 0. The van der Waals surface area contributed by atoms with Crippen LogP contribution >= 0.6 is 0 Å². The smallest absolute Gasteiger partial charge is 0 e. The van der Waals surface area contributed by atoms with E-state index in [4.69, 9.17) is 0 Å². The summed E-state index contributed by atoms with van der Waals surface area (Å²) in [5, 5.41) is 0. The van der Waals surface area contributed by atoms with E-state index in [2.05, 4.69) is 27.7 Å². The minimum absolute atomic E-state index is 0. The van der Waals surface area contributed by atoms with Crippen LogP contribution in [0.25, 0.3) is 0 Å². The van der Waals surface area contributed by atoms with Gasteiger partial charge in [0.05, 0.1) is 0 Å². The van der Waals surface area contributed by atoms with Crippen molar-refractivity contribution in [3.8, 4) is 0 Å². The second-order valence-corrected chi connectivity index (χ2v) is 6.58. The van der Waals surface area contributed by atoms with Gasteiger partial charge in [-0.3, -0.25) is 0 Å². The van der Waals surface area contributed by atoms with E-state index in [1.807, 2.05) is 0 Å². The molecule has 0 aliphatic heterocycles. The van der Waals surface area contributed by atoms with Gasteiger partial charge in [-0.15, -0.1) is 0 Å². The second-order valence-electron chi connectivity index (χ2n) is 6.58. The molecule has 0 aromatic heterocycles. The maximum absolute atomic E-state index is 2.34. The molecule has 0 unspecified atom stereocenters. The summed E-state index contributed by atoms with van der Waals surface area (Å²) in [6.07, 6.45) is 11.9. The zero-order valence-electron chi connectivity index (χ0n) is 12.3. The molecule has 2 aliphatic carbocycles. The summed E-state index contributed by atoms with van der Waals surface area (Å²) in [7, 11) is 0. The van der Waals surface area contributed by atoms with Gasteiger partial charge in [0.25, 0.3) is 0 Å². The molecule has 2 saturated carbocycles. The van der Waals surface area contributed by atoms with E-state index in [1.165, 1.54) is 51.4 Å². The van der Waals surface area contributed by atoms with E-state index < -0.39 is 0 Å². The Morgan fingerprint density at radius 2 is 0.824 bits per heavy atom. The largest absolute Gasteiger partial charge is 0.0625 e. The van der Waals surface area contributed by atoms with Gasteiger partial charge in [-0.05, 0) is 23.7 Å². The van der Waals surface area contributed by atoms with Crippen molar-refractivity contribution in [3.05, 3.63) is 0 Å². The maximum Gasteiger partial charge on any atom is 0 e. The Morgan fingerprint density at radius 3 is 0.941 bits per heavy atom. The predicted molar refractivity (Wildman–Crippen MR) is 73.6 cm³/mol. The van der Waals surface area contributed by atoms with Crippen LogP contribution in [0.4, 0.5) is 0 Å². The molecule has 0 spiro atoms. The zero-order chi connectivity index (χ0) is 12.0. The Balaban J connectivity index is 0.000000284. The minimum atomic E-state index is 0. The van der Waals surface area contributed by atoms with Crippen LogP contribution in [-0.4, -0.2) is 0 Å². The molecule has 0 aromatic carbocycles. The Morgan fingerprint density at radius 1 is 0.588 bits per heavy atom. The molecule has 2 rings (SSSR count). The molecule has 0 bridgehead atoms. The van der Waals surface area contributed by atoms with Crippen molar-refractivity contribution in [2.45, 2.75) is 79.1 Å². The molecule has 103 valence electrons. The third-order valence-corrected chi connectivity index (χ3v) is 4.69. The summed E-state index contributed by atoms with van der Waals surface area (Å²) < 4.78 is 0. The van der Waals surface area contributed by atoms with Crippen LogP contribution in [-0.2, 0) is 17.1 Å². The SMILES string of the molecule is CC(C)C1CCCC1.CC(C)C1CCCC1.[Mn]. The molecular weight excluding hydrogens is 247 g/mol. The van der Waals surface area contributed by atoms with Gasteiger partial charge in [0, 0.05) is 17.1 Å². The van der Waals surface area contributed by atoms with Gasteiger partial charge in [-0.2, -0.15) is 0 Å². The second kappa shape index (κ2) is 9.45. The first-order chi connectivity index (χ1) is 7.61. The van der Waals surface area contributed by atoms with Gasteiger partial charge in [0.1, 0.15) is 0 Å². The van der Waals surface area contributed by atoms with Gasteiger partial charge < -0.3 is 0 Å². The number of rotatable bonds is 2. The van der Waals surface area contributed by atoms with Gasteiger partial charge in [0.2, 0.25) is 0 Å². The first-order valence-electron chi connectivity index (χ1n) is 7.61. The first-order valence-corrected chi connectivity index (χ1v) is 7.61. The number of hydrogen-bond acceptors (Lipinski definition) is 0. The van der Waals surface area contributed by atoms with Gasteiger partial charge >= 0.3 is 0 Å². The predicted octanol–water partition coefficient (Wildman–Crippen LogP) is 5.66. The van der Waals surface area contributed by atoms with Crippen molar-refractivity contribution in [2.24, 2.45) is 23.7 Å². The molecule has 0 saturated heterocycles. The molecule has 0 atom stereocenters. The first kappa shape index (κ1) is 17.5. The minimum Gasteiger partial charge on any atom is -0.0625 e. The van der Waals surface area contributed by atoms with E-state index in [0.717, 1.165) is 23.7 Å². The van der Waals surface area contributed by atoms with Crippen LogP contribution in [0, 0.1) is 23.7 Å². The van der Waals surface area contributed by atoms with Crippen LogP contribution in [0.2, 0.25) is 0 Å². The third kappa shape index (κ3) is 6.87. The molecule has 0 heterocycles. The van der Waals surface area contributed by atoms with Crippen molar-refractivity contribution < 1.29 is 17.1 Å². The summed E-state index contributed by atoms with van der Waals surface area (Å²) in [4.78, 5) is 0. The fourth-order valence-electron chi connectivity index (χ4n) is 3.25. The van der Waals surface area contributed by atoms with Crippen molar-refractivity contribution in [2.75, 3.05) is 0 Å². The monoisotopic (exact) mass is 279 g/mol. The van der Waals surface area contributed by atoms with Crippen molar-refractivity contribution >= 4 is 0 Å². The van der Waals surface area contributed by atoms with Crippen LogP contribution in [0.15, 0.2) is 0 Å². The standard InChI is InChI=1S/2C8H16.Mn/c2*1-7(2)8-5-3-4-6-8;/h2*7-8H,3-6H2,1-2H3;. The topological polar surface area (TPSA) is 0 Å². The Labute approximate surface area is 120 Å². The molecule has 1 radical (unpaired) electrons. The van der Waals surface area contributed by atoms with Crippen molar-refractivity contribution in [1.82, 2.24) is 0 Å². The van der Waals surface area contributed by atoms with E-state index in [9.17, 15) is 0 Å². The fraction of sp³-hybridized carbons (Fsp3) is 1.00. The van der Waals surface area contributed by atoms with Crippen LogP contribution in [0.5, 0.6) is 0 Å². The maximum atomic E-state index is 2.34. The van der Waals surface area contributed by atoms with Gasteiger partial charge in [0.15, 0.2) is 0 Å². The van der Waals surface area contributed by atoms with Crippen LogP contribution < -0.4 is 0 Å². The summed E-state index contributed by atoms with van der Waals surface area (Å²) in [6.45, 7) is 9.37. The van der Waals surface area contributed by atoms with Gasteiger partial charge in [-0.1, -0.05) is 79.1 Å². The summed E-state index contributed by atoms with van der Waals surface area (Å²) in [5.74, 6) is 4.01. The normalized spacial score (nSPS) is 21.5. The van der Waals surface area contributed by atoms with E-state index in [-0.39, 0.29) is 17.1 Å². The fourth-order valence-corrected chi connectivity index (χ4v) is 3.25. The molecule has 0 N–H and O–H groups in total.